The zero-order chi connectivity index (χ0) is 23.0. The molecule has 0 amide bonds. The highest BCUT2D eigenvalue weighted by Crippen LogP contribution is 2.38. The molecule has 0 radical (unpaired) electrons. The van der Waals surface area contributed by atoms with E-state index in [9.17, 15) is 8.42 Å². The third kappa shape index (κ3) is 4.83. The van der Waals surface area contributed by atoms with Gasteiger partial charge in [-0.2, -0.15) is 4.31 Å². The van der Waals surface area contributed by atoms with E-state index in [0.29, 0.717) is 29.9 Å². The number of thioether (sulfide) groups is 1. The fourth-order valence-electron chi connectivity index (χ4n) is 5.12. The average molecular weight is 504 g/mol. The van der Waals surface area contributed by atoms with Gasteiger partial charge in [-0.05, 0) is 67.5 Å². The first-order chi connectivity index (χ1) is 15.9. The summed E-state index contributed by atoms with van der Waals surface area (Å²) in [5, 5.41) is 1.69. The largest absolute Gasteiger partial charge is 0.316 e. The minimum absolute atomic E-state index is 0.353. The van der Waals surface area contributed by atoms with Crippen LogP contribution in [0.5, 0.6) is 0 Å². The quantitative estimate of drug-likeness (QED) is 0.359. The number of piperidine rings is 1. The van der Waals surface area contributed by atoms with Crippen LogP contribution in [0.15, 0.2) is 52.5 Å². The van der Waals surface area contributed by atoms with Gasteiger partial charge in [0, 0.05) is 29.9 Å². The molecule has 0 unspecified atom stereocenters. The minimum atomic E-state index is -3.51. The number of fused-ring (bicyclic) bond motifs is 1. The van der Waals surface area contributed by atoms with Crippen LogP contribution in [-0.2, 0) is 15.8 Å². The number of benzene rings is 2. The highest BCUT2D eigenvalue weighted by atomic mass is 35.5. The van der Waals surface area contributed by atoms with Crippen LogP contribution in [0.25, 0.3) is 11.0 Å². The zero-order valence-electron chi connectivity index (χ0n) is 18.9. The fraction of sp³-hybridized carbons (Fsp3) is 0.480. The van der Waals surface area contributed by atoms with Gasteiger partial charge in [0.05, 0.1) is 15.9 Å². The lowest BCUT2D eigenvalue weighted by atomic mass is 10.0. The van der Waals surface area contributed by atoms with E-state index < -0.39 is 10.0 Å². The van der Waals surface area contributed by atoms with Crippen molar-refractivity contribution in [2.24, 2.45) is 5.92 Å². The summed E-state index contributed by atoms with van der Waals surface area (Å²) in [7, 11) is -3.51. The van der Waals surface area contributed by atoms with Gasteiger partial charge in [-0.1, -0.05) is 55.3 Å². The van der Waals surface area contributed by atoms with Gasteiger partial charge in [0.1, 0.15) is 0 Å². The first kappa shape index (κ1) is 23.2. The molecule has 1 aliphatic heterocycles. The molecule has 2 fully saturated rings. The molecule has 0 spiro atoms. The molecular formula is C25H30ClN3O2S2. The summed E-state index contributed by atoms with van der Waals surface area (Å²) < 4.78 is 30.7. The Morgan fingerprint density at radius 2 is 1.91 bits per heavy atom. The Morgan fingerprint density at radius 3 is 2.67 bits per heavy atom. The van der Waals surface area contributed by atoms with E-state index in [0.717, 1.165) is 58.2 Å². The molecule has 2 aromatic carbocycles. The van der Waals surface area contributed by atoms with Crippen LogP contribution in [0, 0.1) is 5.92 Å². The third-order valence-corrected chi connectivity index (χ3v) is 9.95. The lowest BCUT2D eigenvalue weighted by Gasteiger charge is -2.30. The molecule has 2 heterocycles. The maximum atomic E-state index is 13.3. The number of aromatic nitrogens is 2. The molecule has 33 heavy (non-hydrogen) atoms. The second-order valence-corrected chi connectivity index (χ2v) is 12.7. The molecule has 2 aliphatic rings. The molecule has 0 bridgehead atoms. The number of rotatable bonds is 6. The molecule has 5 rings (SSSR count). The third-order valence-electron chi connectivity index (χ3n) is 6.83. The van der Waals surface area contributed by atoms with Crippen LogP contribution in [0.2, 0.25) is 5.02 Å². The zero-order valence-corrected chi connectivity index (χ0v) is 21.3. The van der Waals surface area contributed by atoms with Crippen molar-refractivity contribution in [2.45, 2.75) is 67.3 Å². The fourth-order valence-corrected chi connectivity index (χ4v) is 7.98. The molecule has 0 N–H and O–H groups in total. The van der Waals surface area contributed by atoms with E-state index in [2.05, 4.69) is 17.6 Å². The van der Waals surface area contributed by atoms with Gasteiger partial charge in [-0.3, -0.25) is 0 Å². The molecule has 1 saturated carbocycles. The lowest BCUT2D eigenvalue weighted by molar-refractivity contribution is 0.281. The van der Waals surface area contributed by atoms with E-state index in [1.165, 1.54) is 12.8 Å². The van der Waals surface area contributed by atoms with Crippen LogP contribution >= 0.6 is 23.4 Å². The van der Waals surface area contributed by atoms with Crippen molar-refractivity contribution >= 4 is 44.4 Å². The first-order valence-electron chi connectivity index (χ1n) is 11.8. The van der Waals surface area contributed by atoms with Crippen LogP contribution in [0.4, 0.5) is 0 Å². The molecule has 3 aromatic rings. The summed E-state index contributed by atoms with van der Waals surface area (Å²) in [5.41, 5.74) is 2.95. The molecule has 1 saturated heterocycles. The lowest BCUT2D eigenvalue weighted by Crippen LogP contribution is -2.39. The number of nitrogens with zero attached hydrogens (tertiary/aromatic N) is 3. The number of hydrogen-bond acceptors (Lipinski definition) is 4. The maximum absolute atomic E-state index is 13.3. The second-order valence-electron chi connectivity index (χ2n) is 9.38. The Kier molecular flexibility index (Phi) is 6.76. The molecular weight excluding hydrogens is 474 g/mol. The summed E-state index contributed by atoms with van der Waals surface area (Å²) in [4.78, 5) is 5.29. The van der Waals surface area contributed by atoms with Crippen molar-refractivity contribution < 1.29 is 8.42 Å². The van der Waals surface area contributed by atoms with Gasteiger partial charge in [-0.25, -0.2) is 13.4 Å². The average Bonchev–Trinajstić information content (AvgIpc) is 3.44. The summed E-state index contributed by atoms with van der Waals surface area (Å²) in [5.74, 6) is 1.17. The Hall–Kier alpha value is -1.54. The molecule has 1 atom stereocenters. The van der Waals surface area contributed by atoms with Crippen molar-refractivity contribution in [2.75, 3.05) is 13.1 Å². The SMILES string of the molecule is C[C@@H]1CCCN(S(=O)(=O)c2ccc3c(c2)nc(SCc2cccc(Cl)c2)n3C2CCCC2)C1. The van der Waals surface area contributed by atoms with E-state index in [-0.39, 0.29) is 0 Å². The van der Waals surface area contributed by atoms with Gasteiger partial charge < -0.3 is 4.57 Å². The van der Waals surface area contributed by atoms with Gasteiger partial charge >= 0.3 is 0 Å². The van der Waals surface area contributed by atoms with E-state index in [1.54, 1.807) is 28.2 Å². The second kappa shape index (κ2) is 9.61. The van der Waals surface area contributed by atoms with E-state index in [1.807, 2.05) is 24.3 Å². The smallest absolute Gasteiger partial charge is 0.243 e. The summed E-state index contributed by atoms with van der Waals surface area (Å²) >= 11 is 7.86. The van der Waals surface area contributed by atoms with Crippen molar-refractivity contribution in [3.63, 3.8) is 0 Å². The van der Waals surface area contributed by atoms with Crippen LogP contribution in [0.3, 0.4) is 0 Å². The standard InChI is InChI=1S/C25H30ClN3O2S2/c1-18-6-5-13-28(16-18)33(30,31)22-11-12-24-23(15-22)27-25(29(24)21-9-2-3-10-21)32-17-19-7-4-8-20(26)14-19/h4,7-8,11-12,14-15,18,21H,2-3,5-6,9-10,13,16-17H2,1H3/t18-/m1/s1. The molecule has 1 aliphatic carbocycles. The Labute approximate surface area is 205 Å². The van der Waals surface area contributed by atoms with Gasteiger partial charge in [0.25, 0.3) is 0 Å². The summed E-state index contributed by atoms with van der Waals surface area (Å²) in [6.45, 7) is 3.32. The maximum Gasteiger partial charge on any atom is 0.243 e. The predicted octanol–water partition coefficient (Wildman–Crippen LogP) is 6.52. The number of sulfonamides is 1. The Balaban J connectivity index is 1.49. The monoisotopic (exact) mass is 503 g/mol. The topological polar surface area (TPSA) is 55.2 Å². The Morgan fingerprint density at radius 1 is 1.09 bits per heavy atom. The van der Waals surface area contributed by atoms with Crippen LogP contribution in [-0.4, -0.2) is 35.4 Å². The van der Waals surface area contributed by atoms with Crippen LogP contribution < -0.4 is 0 Å². The summed E-state index contributed by atoms with van der Waals surface area (Å²) in [6.07, 6.45) is 6.74. The van der Waals surface area contributed by atoms with Crippen molar-refractivity contribution in [3.8, 4) is 0 Å². The van der Waals surface area contributed by atoms with Gasteiger partial charge in [-0.15, -0.1) is 0 Å². The molecule has 1 aromatic heterocycles. The van der Waals surface area contributed by atoms with E-state index in [4.69, 9.17) is 16.6 Å². The van der Waals surface area contributed by atoms with Crippen molar-refractivity contribution in [1.82, 2.24) is 13.9 Å². The minimum Gasteiger partial charge on any atom is -0.316 e. The van der Waals surface area contributed by atoms with Crippen molar-refractivity contribution in [3.05, 3.63) is 53.1 Å². The summed E-state index contributed by atoms with van der Waals surface area (Å²) in [6, 6.07) is 13.8. The van der Waals surface area contributed by atoms with E-state index >= 15 is 0 Å². The normalized spacial score (nSPS) is 20.6. The number of halogens is 1. The molecule has 5 nitrogen and oxygen atoms in total. The number of hydrogen-bond donors (Lipinski definition) is 0. The van der Waals surface area contributed by atoms with Crippen LogP contribution in [0.1, 0.15) is 57.1 Å². The predicted molar refractivity (Wildman–Crippen MR) is 135 cm³/mol. The van der Waals surface area contributed by atoms with Gasteiger partial charge in [0.2, 0.25) is 10.0 Å². The van der Waals surface area contributed by atoms with Gasteiger partial charge in [0.15, 0.2) is 5.16 Å². The highest BCUT2D eigenvalue weighted by molar-refractivity contribution is 7.98. The molecule has 8 heteroatoms. The number of imidazole rings is 1. The Bertz CT molecular complexity index is 1250. The highest BCUT2D eigenvalue weighted by Gasteiger charge is 2.30. The first-order valence-corrected chi connectivity index (χ1v) is 14.6. The molecule has 176 valence electrons. The van der Waals surface area contributed by atoms with Crippen molar-refractivity contribution in [1.29, 1.82) is 0 Å².